The molecule has 0 saturated heterocycles. The summed E-state index contributed by atoms with van der Waals surface area (Å²) in [7, 11) is 0. The first kappa shape index (κ1) is 35.0. The van der Waals surface area contributed by atoms with Crippen molar-refractivity contribution in [1.82, 2.24) is 9.13 Å². The van der Waals surface area contributed by atoms with Crippen molar-refractivity contribution in [2.75, 3.05) is 0 Å². The molecule has 1 aromatic carbocycles. The standard InChI is InChI=1S/C32H48N2O4.C2H6/c1-9-21-34-27(14-12-13-26-17-19-28(20-18-26)38-32(7,8)29(35)36)23-33(30(34)37)22-25(10-2)16-15-24(4)31(5,6)11-3;1-2/h10,15-20,23-24H,9,11-14,21-22H2,1-8H3,(H,35,36);1-2H3/b16-15-,25-10+;. The second kappa shape index (κ2) is 16.3. The van der Waals surface area contributed by atoms with Gasteiger partial charge in [0.2, 0.25) is 0 Å². The molecule has 1 atom stereocenters. The first-order chi connectivity index (χ1) is 18.8. The molecule has 1 heterocycles. The lowest BCUT2D eigenvalue weighted by Crippen LogP contribution is -2.37. The molecule has 224 valence electrons. The van der Waals surface area contributed by atoms with Crippen LogP contribution in [0.2, 0.25) is 0 Å². The Hall–Kier alpha value is -3.02. The van der Waals surface area contributed by atoms with Crippen molar-refractivity contribution in [3.63, 3.8) is 0 Å². The number of aliphatic carboxylic acids is 1. The van der Waals surface area contributed by atoms with Crippen LogP contribution >= 0.6 is 0 Å². The van der Waals surface area contributed by atoms with E-state index in [0.29, 0.717) is 18.2 Å². The van der Waals surface area contributed by atoms with E-state index in [9.17, 15) is 14.7 Å². The number of aryl methyl sites for hydroxylation is 2. The topological polar surface area (TPSA) is 73.5 Å². The van der Waals surface area contributed by atoms with Crippen LogP contribution in [0.15, 0.2) is 59.1 Å². The molecule has 0 fully saturated rings. The number of ether oxygens (including phenoxy) is 1. The predicted molar refractivity (Wildman–Crippen MR) is 167 cm³/mol. The van der Waals surface area contributed by atoms with Gasteiger partial charge in [-0.2, -0.15) is 0 Å². The number of hydrogen-bond donors (Lipinski definition) is 1. The summed E-state index contributed by atoms with van der Waals surface area (Å²) in [5, 5.41) is 9.26. The molecule has 0 spiro atoms. The number of rotatable bonds is 15. The molecule has 0 aliphatic heterocycles. The van der Waals surface area contributed by atoms with Crippen LogP contribution in [0.25, 0.3) is 0 Å². The Labute approximate surface area is 242 Å². The molecule has 1 aromatic heterocycles. The minimum Gasteiger partial charge on any atom is -0.478 e. The van der Waals surface area contributed by atoms with Crippen LogP contribution in [-0.2, 0) is 30.7 Å². The van der Waals surface area contributed by atoms with Crippen LogP contribution in [-0.4, -0.2) is 25.8 Å². The van der Waals surface area contributed by atoms with Gasteiger partial charge in [-0.3, -0.25) is 9.13 Å². The minimum absolute atomic E-state index is 0.0547. The van der Waals surface area contributed by atoms with Crippen molar-refractivity contribution in [2.24, 2.45) is 11.3 Å². The normalized spacial score (nSPS) is 13.2. The molecule has 0 bridgehead atoms. The second-order valence-corrected chi connectivity index (χ2v) is 11.5. The second-order valence-electron chi connectivity index (χ2n) is 11.5. The minimum atomic E-state index is -1.27. The Morgan fingerprint density at radius 2 is 1.70 bits per heavy atom. The van der Waals surface area contributed by atoms with Crippen molar-refractivity contribution >= 4 is 5.97 Å². The number of carboxylic acids is 1. The smallest absolute Gasteiger partial charge is 0.347 e. The maximum absolute atomic E-state index is 13.2. The van der Waals surface area contributed by atoms with Crippen LogP contribution in [0.3, 0.4) is 0 Å². The zero-order chi connectivity index (χ0) is 30.5. The number of carboxylic acid groups (broad SMARTS) is 1. The molecule has 2 rings (SSSR count). The lowest BCUT2D eigenvalue weighted by Gasteiger charge is -2.28. The molecule has 0 aliphatic rings. The van der Waals surface area contributed by atoms with Gasteiger partial charge in [0, 0.05) is 18.4 Å². The van der Waals surface area contributed by atoms with Gasteiger partial charge in [-0.1, -0.05) is 85.2 Å². The number of carbonyl (C=O) groups is 1. The number of allylic oxidation sites excluding steroid dienone is 4. The summed E-state index contributed by atoms with van der Waals surface area (Å²) in [6, 6.07) is 7.59. The molecule has 0 radical (unpaired) electrons. The summed E-state index contributed by atoms with van der Waals surface area (Å²) in [4.78, 5) is 24.5. The summed E-state index contributed by atoms with van der Waals surface area (Å²) in [5.74, 6) is -0.0144. The Bertz CT molecular complexity index is 1160. The zero-order valence-corrected chi connectivity index (χ0v) is 26.7. The van der Waals surface area contributed by atoms with E-state index in [2.05, 4.69) is 52.8 Å². The lowest BCUT2D eigenvalue weighted by molar-refractivity contribution is -0.152. The molecule has 0 aliphatic carbocycles. The Balaban J connectivity index is 0.00000391. The summed E-state index contributed by atoms with van der Waals surface area (Å²) in [6.07, 6.45) is 13.2. The molecule has 40 heavy (non-hydrogen) atoms. The zero-order valence-electron chi connectivity index (χ0n) is 26.7. The number of benzene rings is 1. The third-order valence-electron chi connectivity index (χ3n) is 7.75. The Morgan fingerprint density at radius 3 is 2.23 bits per heavy atom. The number of imidazole rings is 1. The van der Waals surface area contributed by atoms with Crippen LogP contribution in [0.1, 0.15) is 99.8 Å². The lowest BCUT2D eigenvalue weighted by atomic mass is 9.77. The van der Waals surface area contributed by atoms with Crippen molar-refractivity contribution < 1.29 is 14.6 Å². The molecular weight excluding hydrogens is 500 g/mol. The Morgan fingerprint density at radius 1 is 1.07 bits per heavy atom. The van der Waals surface area contributed by atoms with Gasteiger partial charge >= 0.3 is 11.7 Å². The molecule has 0 amide bonds. The van der Waals surface area contributed by atoms with E-state index < -0.39 is 11.6 Å². The van der Waals surface area contributed by atoms with Gasteiger partial charge in [0.05, 0.1) is 6.54 Å². The van der Waals surface area contributed by atoms with Gasteiger partial charge in [0.15, 0.2) is 5.60 Å². The molecular formula is C34H54N2O4. The fourth-order valence-corrected chi connectivity index (χ4v) is 4.18. The van der Waals surface area contributed by atoms with E-state index in [1.54, 1.807) is 0 Å². The van der Waals surface area contributed by atoms with Crippen molar-refractivity contribution in [2.45, 2.75) is 120 Å². The average molecular weight is 555 g/mol. The van der Waals surface area contributed by atoms with Crippen LogP contribution in [0, 0.1) is 11.3 Å². The first-order valence-corrected chi connectivity index (χ1v) is 15.0. The number of aromatic nitrogens is 2. The van der Waals surface area contributed by atoms with Gasteiger partial charge < -0.3 is 9.84 Å². The van der Waals surface area contributed by atoms with Crippen LogP contribution < -0.4 is 10.4 Å². The number of hydrogen-bond acceptors (Lipinski definition) is 3. The van der Waals surface area contributed by atoms with Crippen molar-refractivity contribution in [1.29, 1.82) is 0 Å². The van der Waals surface area contributed by atoms with E-state index in [-0.39, 0.29) is 11.1 Å². The summed E-state index contributed by atoms with van der Waals surface area (Å²) < 4.78 is 9.36. The highest BCUT2D eigenvalue weighted by molar-refractivity contribution is 5.76. The van der Waals surface area contributed by atoms with Crippen LogP contribution in [0.5, 0.6) is 5.75 Å². The van der Waals surface area contributed by atoms with Gasteiger partial charge in [-0.05, 0) is 81.1 Å². The third-order valence-corrected chi connectivity index (χ3v) is 7.75. The van der Waals surface area contributed by atoms with Gasteiger partial charge in [-0.15, -0.1) is 0 Å². The third kappa shape index (κ3) is 10.2. The molecule has 1 N–H and O–H groups in total. The van der Waals surface area contributed by atoms with E-state index >= 15 is 0 Å². The van der Waals surface area contributed by atoms with Gasteiger partial charge in [0.25, 0.3) is 0 Å². The van der Waals surface area contributed by atoms with Crippen molar-refractivity contribution in [3.05, 3.63) is 76.0 Å². The highest BCUT2D eigenvalue weighted by atomic mass is 16.5. The van der Waals surface area contributed by atoms with E-state index in [4.69, 9.17) is 4.74 Å². The molecule has 1 unspecified atom stereocenters. The molecule has 2 aromatic rings. The Kier molecular flexibility index (Phi) is 14.3. The highest BCUT2D eigenvalue weighted by Crippen LogP contribution is 2.31. The monoisotopic (exact) mass is 554 g/mol. The highest BCUT2D eigenvalue weighted by Gasteiger charge is 2.29. The van der Waals surface area contributed by atoms with E-state index in [1.165, 1.54) is 13.8 Å². The molecule has 6 heteroatoms. The molecule has 6 nitrogen and oxygen atoms in total. The summed E-state index contributed by atoms with van der Waals surface area (Å²) >= 11 is 0. The van der Waals surface area contributed by atoms with Crippen LogP contribution in [0.4, 0.5) is 0 Å². The van der Waals surface area contributed by atoms with Gasteiger partial charge in [0.1, 0.15) is 5.75 Å². The van der Waals surface area contributed by atoms with E-state index in [1.807, 2.05) is 60.4 Å². The number of nitrogens with zero attached hydrogens (tertiary/aromatic N) is 2. The quantitative estimate of drug-likeness (QED) is 0.226. The van der Waals surface area contributed by atoms with E-state index in [0.717, 1.165) is 55.5 Å². The molecule has 0 saturated carbocycles. The maximum atomic E-state index is 13.2. The SMILES string of the molecule is C/C=C(\C=C/C(C)C(C)(C)CC)Cn1cc(CCCc2ccc(OC(C)(C)C(=O)O)cc2)n(CCC)c1=O.CC. The van der Waals surface area contributed by atoms with Gasteiger partial charge in [-0.25, -0.2) is 9.59 Å². The van der Waals surface area contributed by atoms with Crippen molar-refractivity contribution in [3.8, 4) is 5.75 Å². The fourth-order valence-electron chi connectivity index (χ4n) is 4.18. The summed E-state index contributed by atoms with van der Waals surface area (Å²) in [6.45, 7) is 21.6. The predicted octanol–water partition coefficient (Wildman–Crippen LogP) is 8.08. The summed E-state index contributed by atoms with van der Waals surface area (Å²) in [5.41, 5.74) is 2.38. The fraction of sp³-hybridized carbons (Fsp3) is 0.588. The largest absolute Gasteiger partial charge is 0.478 e. The average Bonchev–Trinajstić information content (AvgIpc) is 3.21. The maximum Gasteiger partial charge on any atom is 0.347 e. The first-order valence-electron chi connectivity index (χ1n) is 15.0.